The van der Waals surface area contributed by atoms with Crippen molar-refractivity contribution in [1.29, 1.82) is 0 Å². The molecule has 0 bridgehead atoms. The van der Waals surface area contributed by atoms with Crippen LogP contribution in [0.1, 0.15) is 116 Å². The van der Waals surface area contributed by atoms with E-state index in [2.05, 4.69) is 12.6 Å². The molecule has 1 heterocycles. The topological polar surface area (TPSA) is 37.4 Å². The summed E-state index contributed by atoms with van der Waals surface area (Å²) in [7, 11) is 0. The summed E-state index contributed by atoms with van der Waals surface area (Å²) in [5.74, 6) is 0.748. The molecule has 0 aromatic heterocycles. The van der Waals surface area contributed by atoms with Crippen molar-refractivity contribution < 1.29 is 9.59 Å². The number of thiol groups is 1. The lowest BCUT2D eigenvalue weighted by molar-refractivity contribution is -0.136. The Bertz CT molecular complexity index is 418. The summed E-state index contributed by atoms with van der Waals surface area (Å²) >= 11 is 4.25. The second-order valence-corrected chi connectivity index (χ2v) is 8.70. The Labute approximate surface area is 179 Å². The van der Waals surface area contributed by atoms with Gasteiger partial charge in [-0.1, -0.05) is 103 Å². The van der Waals surface area contributed by atoms with Crippen LogP contribution in [0.3, 0.4) is 0 Å². The van der Waals surface area contributed by atoms with Crippen LogP contribution in [0.25, 0.3) is 0 Å². The third-order valence-electron chi connectivity index (χ3n) is 5.69. The molecule has 0 atom stereocenters. The maximum atomic E-state index is 11.4. The molecule has 4 heteroatoms. The molecule has 1 aliphatic heterocycles. The number of rotatable bonds is 20. The van der Waals surface area contributed by atoms with Crippen molar-refractivity contribution in [2.24, 2.45) is 0 Å². The van der Waals surface area contributed by atoms with Gasteiger partial charge in [-0.15, -0.1) is 0 Å². The number of carbonyl (C=O) groups is 2. The highest BCUT2D eigenvalue weighted by atomic mass is 32.1. The van der Waals surface area contributed by atoms with Gasteiger partial charge in [-0.25, -0.2) is 0 Å². The third kappa shape index (κ3) is 13.4. The molecule has 0 saturated carbocycles. The summed E-state index contributed by atoms with van der Waals surface area (Å²) in [5, 5.41) is 0. The van der Waals surface area contributed by atoms with Gasteiger partial charge in [-0.3, -0.25) is 14.5 Å². The molecule has 0 fully saturated rings. The number of amides is 2. The lowest BCUT2D eigenvalue weighted by atomic mass is 10.0. The van der Waals surface area contributed by atoms with E-state index >= 15 is 0 Å². The van der Waals surface area contributed by atoms with E-state index in [9.17, 15) is 9.59 Å². The summed E-state index contributed by atoms with van der Waals surface area (Å²) in [4.78, 5) is 24.2. The first-order valence-corrected chi connectivity index (χ1v) is 12.5. The van der Waals surface area contributed by atoms with E-state index in [1.165, 1.54) is 120 Å². The van der Waals surface area contributed by atoms with E-state index in [1.807, 2.05) is 0 Å². The van der Waals surface area contributed by atoms with Crippen LogP contribution in [-0.4, -0.2) is 29.0 Å². The fourth-order valence-corrected chi connectivity index (χ4v) is 4.09. The Hall–Kier alpha value is -0.770. The quantitative estimate of drug-likeness (QED) is 0.135. The van der Waals surface area contributed by atoms with Gasteiger partial charge < -0.3 is 0 Å². The van der Waals surface area contributed by atoms with E-state index in [0.29, 0.717) is 6.54 Å². The van der Waals surface area contributed by atoms with E-state index in [1.54, 1.807) is 0 Å². The van der Waals surface area contributed by atoms with Crippen LogP contribution in [0.4, 0.5) is 0 Å². The Morgan fingerprint density at radius 3 is 1.11 bits per heavy atom. The molecule has 0 aliphatic carbocycles. The van der Waals surface area contributed by atoms with E-state index in [4.69, 9.17) is 0 Å². The minimum absolute atomic E-state index is 0.148. The van der Waals surface area contributed by atoms with E-state index < -0.39 is 0 Å². The van der Waals surface area contributed by atoms with Crippen LogP contribution in [-0.2, 0) is 9.59 Å². The molecular weight excluding hydrogens is 366 g/mol. The zero-order chi connectivity index (χ0) is 20.3. The molecule has 0 spiro atoms. The van der Waals surface area contributed by atoms with Crippen LogP contribution in [0.15, 0.2) is 12.2 Å². The number of carbonyl (C=O) groups excluding carboxylic acids is 2. The summed E-state index contributed by atoms with van der Waals surface area (Å²) in [6, 6.07) is 0. The predicted octanol–water partition coefficient (Wildman–Crippen LogP) is 6.86. The predicted molar refractivity (Wildman–Crippen MR) is 123 cm³/mol. The molecular formula is C24H43NO2S. The first-order chi connectivity index (χ1) is 13.8. The molecule has 0 saturated heterocycles. The molecule has 0 N–H and O–H groups in total. The highest BCUT2D eigenvalue weighted by Crippen LogP contribution is 2.15. The summed E-state index contributed by atoms with van der Waals surface area (Å²) in [6.07, 6.45) is 26.8. The molecule has 0 unspecified atom stereocenters. The molecule has 0 aromatic carbocycles. The molecule has 2 amide bonds. The lowest BCUT2D eigenvalue weighted by Gasteiger charge is -2.12. The van der Waals surface area contributed by atoms with E-state index in [0.717, 1.165) is 18.6 Å². The van der Waals surface area contributed by atoms with Gasteiger partial charge in [0.15, 0.2) is 0 Å². The van der Waals surface area contributed by atoms with Crippen molar-refractivity contribution in [1.82, 2.24) is 4.90 Å². The van der Waals surface area contributed by atoms with Gasteiger partial charge in [-0.05, 0) is 18.6 Å². The van der Waals surface area contributed by atoms with Gasteiger partial charge in [-0.2, -0.15) is 12.6 Å². The average Bonchev–Trinajstić information content (AvgIpc) is 3.01. The summed E-state index contributed by atoms with van der Waals surface area (Å²) < 4.78 is 0. The Kier molecular flexibility index (Phi) is 16.5. The maximum Gasteiger partial charge on any atom is 0.253 e. The van der Waals surface area contributed by atoms with Crippen LogP contribution in [0.2, 0.25) is 0 Å². The Balaban J connectivity index is 1.70. The monoisotopic (exact) mass is 409 g/mol. The molecule has 1 rings (SSSR count). The van der Waals surface area contributed by atoms with Gasteiger partial charge in [0.25, 0.3) is 11.8 Å². The van der Waals surface area contributed by atoms with Crippen molar-refractivity contribution in [2.45, 2.75) is 116 Å². The number of imide groups is 1. The van der Waals surface area contributed by atoms with Gasteiger partial charge in [0.05, 0.1) is 0 Å². The van der Waals surface area contributed by atoms with Gasteiger partial charge >= 0.3 is 0 Å². The van der Waals surface area contributed by atoms with Crippen molar-refractivity contribution >= 4 is 24.4 Å². The number of hydrogen-bond acceptors (Lipinski definition) is 3. The molecule has 28 heavy (non-hydrogen) atoms. The van der Waals surface area contributed by atoms with Crippen molar-refractivity contribution in [3.8, 4) is 0 Å². The van der Waals surface area contributed by atoms with Gasteiger partial charge in [0.2, 0.25) is 0 Å². The minimum atomic E-state index is -0.148. The van der Waals surface area contributed by atoms with E-state index in [-0.39, 0.29) is 11.8 Å². The zero-order valence-corrected chi connectivity index (χ0v) is 18.9. The molecule has 1 aliphatic rings. The molecule has 162 valence electrons. The fourth-order valence-electron chi connectivity index (χ4n) is 3.86. The van der Waals surface area contributed by atoms with Crippen LogP contribution >= 0.6 is 12.6 Å². The smallest absolute Gasteiger partial charge is 0.253 e. The normalized spacial score (nSPS) is 13.8. The van der Waals surface area contributed by atoms with Crippen LogP contribution in [0.5, 0.6) is 0 Å². The second-order valence-electron chi connectivity index (χ2n) is 8.25. The highest BCUT2D eigenvalue weighted by Gasteiger charge is 2.21. The number of hydrogen-bond donors (Lipinski definition) is 1. The minimum Gasteiger partial charge on any atom is -0.275 e. The lowest BCUT2D eigenvalue weighted by Crippen LogP contribution is -2.30. The fraction of sp³-hybridized carbons (Fsp3) is 0.833. The van der Waals surface area contributed by atoms with Crippen molar-refractivity contribution in [3.63, 3.8) is 0 Å². The van der Waals surface area contributed by atoms with Crippen LogP contribution < -0.4 is 0 Å². The Morgan fingerprint density at radius 1 is 0.500 bits per heavy atom. The second kappa shape index (κ2) is 18.3. The van der Waals surface area contributed by atoms with Crippen molar-refractivity contribution in [3.05, 3.63) is 12.2 Å². The Morgan fingerprint density at radius 2 is 0.786 bits per heavy atom. The highest BCUT2D eigenvalue weighted by molar-refractivity contribution is 7.80. The molecule has 0 radical (unpaired) electrons. The third-order valence-corrected chi connectivity index (χ3v) is 6.01. The number of unbranched alkanes of at least 4 members (excludes halogenated alkanes) is 17. The van der Waals surface area contributed by atoms with Gasteiger partial charge in [0.1, 0.15) is 0 Å². The zero-order valence-electron chi connectivity index (χ0n) is 18.0. The standard InChI is InChI=1S/C24H43NO2S/c26-23-19-20-24(27)25(23)21-17-15-13-11-9-7-5-3-1-2-4-6-8-10-12-14-16-18-22-28/h19-20,28H,1-18,21-22H2. The van der Waals surface area contributed by atoms with Crippen molar-refractivity contribution in [2.75, 3.05) is 12.3 Å². The first-order valence-electron chi connectivity index (χ1n) is 11.9. The number of nitrogens with zero attached hydrogens (tertiary/aromatic N) is 1. The van der Waals surface area contributed by atoms with Crippen LogP contribution in [0, 0.1) is 0 Å². The first kappa shape index (κ1) is 25.3. The molecule has 0 aromatic rings. The summed E-state index contributed by atoms with van der Waals surface area (Å²) in [6.45, 7) is 0.584. The molecule has 3 nitrogen and oxygen atoms in total. The van der Waals surface area contributed by atoms with Gasteiger partial charge in [0, 0.05) is 18.7 Å². The summed E-state index contributed by atoms with van der Waals surface area (Å²) in [5.41, 5.74) is 0. The SMILES string of the molecule is O=C1C=CC(=O)N1CCCCCCCCCCCCCCCCCCCCS. The largest absolute Gasteiger partial charge is 0.275 e. The maximum absolute atomic E-state index is 11.4. The average molecular weight is 410 g/mol.